The average molecular weight is 285 g/mol. The number of halogens is 3. The normalized spacial score (nSPS) is 25.4. The third kappa shape index (κ3) is 3.75. The molecule has 1 N–H and O–H groups in total. The first-order valence-electron chi connectivity index (χ1n) is 7.27. The molecule has 0 aromatic heterocycles. The van der Waals surface area contributed by atoms with Gasteiger partial charge in [0.1, 0.15) is 0 Å². The van der Waals surface area contributed by atoms with Gasteiger partial charge in [-0.05, 0) is 32.3 Å². The first-order chi connectivity index (χ1) is 9.38. The maximum atomic E-state index is 13.1. The Balaban J connectivity index is 2.05. The molecule has 0 radical (unpaired) electrons. The molecule has 0 saturated heterocycles. The molecule has 1 aromatic rings. The molecule has 0 spiro atoms. The second-order valence-corrected chi connectivity index (χ2v) is 5.84. The van der Waals surface area contributed by atoms with E-state index in [9.17, 15) is 13.2 Å². The van der Waals surface area contributed by atoms with Crippen LogP contribution in [0.15, 0.2) is 24.3 Å². The van der Waals surface area contributed by atoms with Crippen LogP contribution in [0.3, 0.4) is 0 Å². The van der Waals surface area contributed by atoms with Gasteiger partial charge in [-0.25, -0.2) is 0 Å². The number of hydrogen-bond acceptors (Lipinski definition) is 1. The van der Waals surface area contributed by atoms with E-state index in [1.165, 1.54) is 0 Å². The second kappa shape index (κ2) is 6.17. The van der Waals surface area contributed by atoms with E-state index in [1.54, 1.807) is 0 Å². The van der Waals surface area contributed by atoms with Gasteiger partial charge in [-0.1, -0.05) is 42.7 Å². The number of benzene rings is 1. The number of rotatable bonds is 3. The van der Waals surface area contributed by atoms with Gasteiger partial charge in [0.05, 0.1) is 5.92 Å². The van der Waals surface area contributed by atoms with Crippen molar-refractivity contribution in [1.82, 2.24) is 5.32 Å². The highest BCUT2D eigenvalue weighted by molar-refractivity contribution is 5.23. The Bertz CT molecular complexity index is 424. The molecular weight excluding hydrogens is 263 g/mol. The Morgan fingerprint density at radius 2 is 1.70 bits per heavy atom. The van der Waals surface area contributed by atoms with E-state index in [1.807, 2.05) is 38.1 Å². The van der Waals surface area contributed by atoms with Crippen molar-refractivity contribution in [2.24, 2.45) is 5.92 Å². The third-order valence-electron chi connectivity index (χ3n) is 4.23. The lowest BCUT2D eigenvalue weighted by atomic mass is 9.83. The standard InChI is InChI=1S/C16H22F3N/c1-11-7-9-13(10-8-11)12(2)20-15-6-4-3-5-14(15)16(17,18)19/h7-10,12,14-15,20H,3-6H2,1-2H3. The molecule has 1 nitrogen and oxygen atoms in total. The van der Waals surface area contributed by atoms with Crippen molar-refractivity contribution in [1.29, 1.82) is 0 Å². The van der Waals surface area contributed by atoms with Crippen LogP contribution in [0, 0.1) is 12.8 Å². The molecule has 1 saturated carbocycles. The van der Waals surface area contributed by atoms with Crippen molar-refractivity contribution in [3.63, 3.8) is 0 Å². The Kier molecular flexibility index (Phi) is 4.74. The van der Waals surface area contributed by atoms with Gasteiger partial charge in [-0.3, -0.25) is 0 Å². The molecule has 3 atom stereocenters. The summed E-state index contributed by atoms with van der Waals surface area (Å²) >= 11 is 0. The second-order valence-electron chi connectivity index (χ2n) is 5.84. The van der Waals surface area contributed by atoms with E-state index in [0.717, 1.165) is 17.5 Å². The predicted octanol–water partition coefficient (Wildman–Crippen LogP) is 4.77. The minimum Gasteiger partial charge on any atom is -0.307 e. The maximum Gasteiger partial charge on any atom is 0.393 e. The zero-order chi connectivity index (χ0) is 14.8. The minimum absolute atomic E-state index is 0.0523. The van der Waals surface area contributed by atoms with E-state index in [2.05, 4.69) is 5.32 Å². The molecule has 0 amide bonds. The molecule has 3 unspecified atom stereocenters. The Morgan fingerprint density at radius 1 is 1.10 bits per heavy atom. The molecule has 1 aliphatic carbocycles. The van der Waals surface area contributed by atoms with Crippen molar-refractivity contribution >= 4 is 0 Å². The molecule has 1 aliphatic rings. The maximum absolute atomic E-state index is 13.1. The molecule has 0 bridgehead atoms. The summed E-state index contributed by atoms with van der Waals surface area (Å²) in [5, 5.41) is 3.19. The summed E-state index contributed by atoms with van der Waals surface area (Å²) in [5.74, 6) is -1.20. The van der Waals surface area contributed by atoms with Crippen LogP contribution in [0.2, 0.25) is 0 Å². The monoisotopic (exact) mass is 285 g/mol. The van der Waals surface area contributed by atoms with E-state index >= 15 is 0 Å². The highest BCUT2D eigenvalue weighted by atomic mass is 19.4. The number of aryl methyl sites for hydroxylation is 1. The zero-order valence-electron chi connectivity index (χ0n) is 12.0. The first kappa shape index (κ1) is 15.4. The van der Waals surface area contributed by atoms with E-state index in [0.29, 0.717) is 12.8 Å². The molecular formula is C16H22F3N. The average Bonchev–Trinajstić information content (AvgIpc) is 2.38. The van der Waals surface area contributed by atoms with Crippen LogP contribution in [0.25, 0.3) is 0 Å². The largest absolute Gasteiger partial charge is 0.393 e. The van der Waals surface area contributed by atoms with Gasteiger partial charge < -0.3 is 5.32 Å². The summed E-state index contributed by atoms with van der Waals surface area (Å²) in [6, 6.07) is 7.45. The Morgan fingerprint density at radius 3 is 2.30 bits per heavy atom. The van der Waals surface area contributed by atoms with Crippen molar-refractivity contribution in [3.05, 3.63) is 35.4 Å². The SMILES string of the molecule is Cc1ccc(C(C)NC2CCCCC2C(F)(F)F)cc1. The van der Waals surface area contributed by atoms with Crippen LogP contribution in [0.1, 0.15) is 49.8 Å². The smallest absolute Gasteiger partial charge is 0.307 e. The summed E-state index contributed by atoms with van der Waals surface area (Å²) in [6.45, 7) is 3.94. The van der Waals surface area contributed by atoms with Gasteiger partial charge >= 0.3 is 6.18 Å². The molecule has 112 valence electrons. The fourth-order valence-electron chi connectivity index (χ4n) is 2.99. The van der Waals surface area contributed by atoms with E-state index < -0.39 is 18.1 Å². The van der Waals surface area contributed by atoms with Crippen LogP contribution in [-0.2, 0) is 0 Å². The quantitative estimate of drug-likeness (QED) is 0.843. The van der Waals surface area contributed by atoms with E-state index in [-0.39, 0.29) is 12.5 Å². The highest BCUT2D eigenvalue weighted by Gasteiger charge is 2.45. The Hall–Kier alpha value is -1.03. The summed E-state index contributed by atoms with van der Waals surface area (Å²) in [7, 11) is 0. The predicted molar refractivity (Wildman–Crippen MR) is 74.5 cm³/mol. The summed E-state index contributed by atoms with van der Waals surface area (Å²) in [6.07, 6.45) is -1.67. The molecule has 0 heterocycles. The lowest BCUT2D eigenvalue weighted by molar-refractivity contribution is -0.189. The van der Waals surface area contributed by atoms with Gasteiger partial charge in [0.25, 0.3) is 0 Å². The summed E-state index contributed by atoms with van der Waals surface area (Å²) in [4.78, 5) is 0. The molecule has 20 heavy (non-hydrogen) atoms. The van der Waals surface area contributed by atoms with Gasteiger partial charge in [-0.2, -0.15) is 13.2 Å². The highest BCUT2D eigenvalue weighted by Crippen LogP contribution is 2.38. The van der Waals surface area contributed by atoms with E-state index in [4.69, 9.17) is 0 Å². The van der Waals surface area contributed by atoms with Crippen molar-refractivity contribution in [2.75, 3.05) is 0 Å². The molecule has 0 aliphatic heterocycles. The molecule has 2 rings (SSSR count). The zero-order valence-corrected chi connectivity index (χ0v) is 12.0. The number of hydrogen-bond donors (Lipinski definition) is 1. The van der Waals surface area contributed by atoms with Crippen LogP contribution in [0.5, 0.6) is 0 Å². The number of nitrogens with one attached hydrogen (secondary N) is 1. The third-order valence-corrected chi connectivity index (χ3v) is 4.23. The fourth-order valence-corrected chi connectivity index (χ4v) is 2.99. The lowest BCUT2D eigenvalue weighted by Crippen LogP contribution is -2.46. The van der Waals surface area contributed by atoms with Gasteiger partial charge in [0.2, 0.25) is 0 Å². The number of alkyl halides is 3. The van der Waals surface area contributed by atoms with Crippen LogP contribution < -0.4 is 5.32 Å². The van der Waals surface area contributed by atoms with Crippen LogP contribution in [0.4, 0.5) is 13.2 Å². The molecule has 1 aromatic carbocycles. The van der Waals surface area contributed by atoms with Crippen molar-refractivity contribution in [2.45, 2.75) is 57.8 Å². The van der Waals surface area contributed by atoms with Crippen molar-refractivity contribution in [3.8, 4) is 0 Å². The summed E-state index contributed by atoms with van der Waals surface area (Å²) in [5.41, 5.74) is 2.20. The molecule has 4 heteroatoms. The summed E-state index contributed by atoms with van der Waals surface area (Å²) < 4.78 is 39.2. The lowest BCUT2D eigenvalue weighted by Gasteiger charge is -2.35. The minimum atomic E-state index is -4.09. The first-order valence-corrected chi connectivity index (χ1v) is 7.27. The topological polar surface area (TPSA) is 12.0 Å². The van der Waals surface area contributed by atoms with Crippen LogP contribution >= 0.6 is 0 Å². The van der Waals surface area contributed by atoms with Crippen molar-refractivity contribution < 1.29 is 13.2 Å². The van der Waals surface area contributed by atoms with Crippen LogP contribution in [-0.4, -0.2) is 12.2 Å². The molecule has 1 fully saturated rings. The Labute approximate surface area is 118 Å². The van der Waals surface area contributed by atoms with Gasteiger partial charge in [-0.15, -0.1) is 0 Å². The van der Waals surface area contributed by atoms with Gasteiger partial charge in [0, 0.05) is 12.1 Å². The van der Waals surface area contributed by atoms with Gasteiger partial charge in [0.15, 0.2) is 0 Å². The fraction of sp³-hybridized carbons (Fsp3) is 0.625.